The number of carbonyl (C=O) groups excluding carboxylic acids is 1. The third-order valence-electron chi connectivity index (χ3n) is 2.32. The third kappa shape index (κ3) is 13.5. The zero-order valence-electron chi connectivity index (χ0n) is 12.0. The first kappa shape index (κ1) is 20.6. The molecule has 0 aliphatic heterocycles. The molecule has 0 aliphatic carbocycles. The van der Waals surface area contributed by atoms with Crippen LogP contribution in [0.15, 0.2) is 24.3 Å². The molecular formula is C13H19LiO4S. The van der Waals surface area contributed by atoms with E-state index in [1.165, 1.54) is 11.1 Å². The molecule has 19 heavy (non-hydrogen) atoms. The van der Waals surface area contributed by atoms with E-state index < -0.39 is 15.8 Å². The van der Waals surface area contributed by atoms with Gasteiger partial charge in [0.25, 0.3) is 0 Å². The smallest absolute Gasteiger partial charge is 0.550 e. The predicted octanol–water partition coefficient (Wildman–Crippen LogP) is -2.13. The molecule has 0 unspecified atom stereocenters. The van der Waals surface area contributed by atoms with Crippen LogP contribution in [-0.2, 0) is 14.6 Å². The SMILES string of the molecule is CS(=O)(=O)CCCC(=O)[O-].Cc1ccccc1C.[Li+]. The molecule has 0 atom stereocenters. The summed E-state index contributed by atoms with van der Waals surface area (Å²) >= 11 is 0. The summed E-state index contributed by atoms with van der Waals surface area (Å²) in [4.78, 5) is 9.78. The summed E-state index contributed by atoms with van der Waals surface area (Å²) in [5.41, 5.74) is 2.74. The molecule has 0 amide bonds. The second kappa shape index (κ2) is 10.1. The van der Waals surface area contributed by atoms with Gasteiger partial charge in [-0.2, -0.15) is 0 Å². The van der Waals surface area contributed by atoms with Gasteiger partial charge in [-0.15, -0.1) is 0 Å². The number of hydrogen-bond donors (Lipinski definition) is 0. The average Bonchev–Trinajstić information content (AvgIpc) is 2.21. The Morgan fingerprint density at radius 3 is 1.84 bits per heavy atom. The van der Waals surface area contributed by atoms with Crippen LogP contribution in [0.4, 0.5) is 0 Å². The van der Waals surface area contributed by atoms with Crippen molar-refractivity contribution >= 4 is 15.8 Å². The Bertz CT molecular complexity index is 462. The van der Waals surface area contributed by atoms with E-state index in [-0.39, 0.29) is 37.5 Å². The van der Waals surface area contributed by atoms with E-state index in [4.69, 9.17) is 0 Å². The zero-order chi connectivity index (χ0) is 14.2. The van der Waals surface area contributed by atoms with Gasteiger partial charge in [-0.25, -0.2) is 8.42 Å². The number of carboxylic acid groups (broad SMARTS) is 1. The first-order chi connectivity index (χ1) is 8.22. The molecule has 0 aliphatic rings. The van der Waals surface area contributed by atoms with Crippen molar-refractivity contribution in [1.82, 2.24) is 0 Å². The Labute approximate surface area is 127 Å². The Morgan fingerprint density at radius 2 is 1.58 bits per heavy atom. The number of aryl methyl sites for hydroxylation is 2. The van der Waals surface area contributed by atoms with Crippen LogP contribution >= 0.6 is 0 Å². The maximum Gasteiger partial charge on any atom is 1.00 e. The molecule has 0 N–H and O–H groups in total. The second-order valence-electron chi connectivity index (χ2n) is 4.19. The number of carbonyl (C=O) groups is 1. The number of hydrogen-bond acceptors (Lipinski definition) is 4. The second-order valence-corrected chi connectivity index (χ2v) is 6.45. The molecule has 1 rings (SSSR count). The number of aliphatic carboxylic acids is 1. The molecule has 1 aromatic carbocycles. The normalized spacial score (nSPS) is 9.84. The maximum atomic E-state index is 10.4. The summed E-state index contributed by atoms with van der Waals surface area (Å²) in [6.07, 6.45) is 1.02. The molecule has 0 saturated carbocycles. The average molecular weight is 278 g/mol. The molecule has 0 spiro atoms. The number of carboxylic acids is 1. The molecule has 0 fully saturated rings. The van der Waals surface area contributed by atoms with Crippen LogP contribution in [-0.4, -0.2) is 26.4 Å². The molecule has 0 aromatic heterocycles. The molecule has 4 nitrogen and oxygen atoms in total. The summed E-state index contributed by atoms with van der Waals surface area (Å²) < 4.78 is 20.8. The van der Waals surface area contributed by atoms with Gasteiger partial charge in [0.05, 0.1) is 5.75 Å². The van der Waals surface area contributed by atoms with Gasteiger partial charge >= 0.3 is 18.9 Å². The molecule has 1 aromatic rings. The fourth-order valence-electron chi connectivity index (χ4n) is 1.14. The van der Waals surface area contributed by atoms with E-state index in [0.29, 0.717) is 0 Å². The quantitative estimate of drug-likeness (QED) is 0.590. The van der Waals surface area contributed by atoms with Crippen LogP contribution in [0.25, 0.3) is 0 Å². The van der Waals surface area contributed by atoms with Crippen LogP contribution in [0.2, 0.25) is 0 Å². The van der Waals surface area contributed by atoms with Gasteiger partial charge in [0, 0.05) is 12.2 Å². The van der Waals surface area contributed by atoms with Crippen molar-refractivity contribution in [2.75, 3.05) is 12.0 Å². The minimum Gasteiger partial charge on any atom is -0.550 e. The van der Waals surface area contributed by atoms with E-state index in [9.17, 15) is 18.3 Å². The summed E-state index contributed by atoms with van der Waals surface area (Å²) in [6.45, 7) is 4.24. The van der Waals surface area contributed by atoms with Crippen molar-refractivity contribution in [3.63, 3.8) is 0 Å². The van der Waals surface area contributed by atoms with Crippen molar-refractivity contribution in [1.29, 1.82) is 0 Å². The van der Waals surface area contributed by atoms with Gasteiger partial charge in [-0.3, -0.25) is 0 Å². The topological polar surface area (TPSA) is 74.3 Å². The standard InChI is InChI=1S/C8H10.C5H10O4S.Li/c1-7-5-3-4-6-8(7)2;1-10(8,9)4-2-3-5(6)7;/h3-6H,1-2H3;2-4H2,1H3,(H,6,7);/q;;+1/p-1. The first-order valence-electron chi connectivity index (χ1n) is 5.62. The Balaban J connectivity index is 0. The van der Waals surface area contributed by atoms with Gasteiger partial charge in [0.15, 0.2) is 0 Å². The van der Waals surface area contributed by atoms with E-state index in [0.717, 1.165) is 6.26 Å². The van der Waals surface area contributed by atoms with Gasteiger partial charge in [-0.1, -0.05) is 24.3 Å². The molecule has 0 radical (unpaired) electrons. The number of sulfone groups is 1. The fraction of sp³-hybridized carbons (Fsp3) is 0.462. The van der Waals surface area contributed by atoms with Crippen molar-refractivity contribution in [2.45, 2.75) is 26.7 Å². The van der Waals surface area contributed by atoms with Crippen molar-refractivity contribution in [3.8, 4) is 0 Å². The van der Waals surface area contributed by atoms with Crippen molar-refractivity contribution in [3.05, 3.63) is 35.4 Å². The van der Waals surface area contributed by atoms with Crippen molar-refractivity contribution in [2.24, 2.45) is 0 Å². The van der Waals surface area contributed by atoms with E-state index >= 15 is 0 Å². The van der Waals surface area contributed by atoms with Crippen LogP contribution < -0.4 is 24.0 Å². The molecule has 6 heteroatoms. The third-order valence-corrected chi connectivity index (χ3v) is 3.35. The maximum absolute atomic E-state index is 10.4. The monoisotopic (exact) mass is 278 g/mol. The number of benzene rings is 1. The van der Waals surface area contributed by atoms with E-state index in [1.807, 2.05) is 0 Å². The molecule has 102 valence electrons. The molecular weight excluding hydrogens is 259 g/mol. The van der Waals surface area contributed by atoms with Gasteiger partial charge in [-0.05, 0) is 37.8 Å². The Morgan fingerprint density at radius 1 is 1.16 bits per heavy atom. The molecule has 0 bridgehead atoms. The van der Waals surface area contributed by atoms with E-state index in [2.05, 4.69) is 38.1 Å². The Kier molecular flexibility index (Phi) is 10.9. The summed E-state index contributed by atoms with van der Waals surface area (Å²) in [6, 6.07) is 8.36. The van der Waals surface area contributed by atoms with Crippen LogP contribution in [0.3, 0.4) is 0 Å². The van der Waals surface area contributed by atoms with Gasteiger partial charge in [0.1, 0.15) is 9.84 Å². The number of rotatable bonds is 4. The van der Waals surface area contributed by atoms with Gasteiger partial charge < -0.3 is 9.90 Å². The predicted molar refractivity (Wildman–Crippen MR) is 69.9 cm³/mol. The zero-order valence-corrected chi connectivity index (χ0v) is 12.8. The van der Waals surface area contributed by atoms with Crippen LogP contribution in [0, 0.1) is 13.8 Å². The molecule has 0 heterocycles. The summed E-state index contributed by atoms with van der Waals surface area (Å²) in [5, 5.41) is 9.78. The van der Waals surface area contributed by atoms with E-state index in [1.54, 1.807) is 0 Å². The first-order valence-corrected chi connectivity index (χ1v) is 7.68. The fourth-order valence-corrected chi connectivity index (χ4v) is 1.81. The van der Waals surface area contributed by atoms with Gasteiger partial charge in [0.2, 0.25) is 0 Å². The van der Waals surface area contributed by atoms with Crippen molar-refractivity contribution < 1.29 is 37.2 Å². The Hall–Kier alpha value is -0.763. The summed E-state index contributed by atoms with van der Waals surface area (Å²) in [5.74, 6) is -1.29. The largest absolute Gasteiger partial charge is 1.00 e. The minimum absolute atomic E-state index is 0. The molecule has 0 saturated heterocycles. The van der Waals surface area contributed by atoms with Crippen LogP contribution in [0.1, 0.15) is 24.0 Å². The van der Waals surface area contributed by atoms with Crippen LogP contribution in [0.5, 0.6) is 0 Å². The minimum atomic E-state index is -3.01. The summed E-state index contributed by atoms with van der Waals surface area (Å²) in [7, 11) is -3.01.